The highest BCUT2D eigenvalue weighted by molar-refractivity contribution is 5.79. The molecule has 0 aliphatic carbocycles. The molecule has 1 N–H and O–H groups in total. The lowest BCUT2D eigenvalue weighted by molar-refractivity contribution is -0.155. The first-order valence-electron chi connectivity index (χ1n) is 8.38. The van der Waals surface area contributed by atoms with Crippen LogP contribution in [0.1, 0.15) is 50.1 Å². The van der Waals surface area contributed by atoms with Crippen LogP contribution in [-0.2, 0) is 22.6 Å². The number of aryl methyl sites for hydroxylation is 1. The summed E-state index contributed by atoms with van der Waals surface area (Å²) in [6.45, 7) is 9.03. The van der Waals surface area contributed by atoms with Gasteiger partial charge in [-0.05, 0) is 45.1 Å². The number of carbonyl (C=O) groups is 2. The maximum absolute atomic E-state index is 12.6. The van der Waals surface area contributed by atoms with E-state index in [-0.39, 0.29) is 12.5 Å². The van der Waals surface area contributed by atoms with Gasteiger partial charge in [-0.3, -0.25) is 14.3 Å². The van der Waals surface area contributed by atoms with E-state index in [4.69, 9.17) is 0 Å². The number of carboxylic acid groups (broad SMARTS) is 1. The highest BCUT2D eigenvalue weighted by Gasteiger charge is 2.42. The highest BCUT2D eigenvalue weighted by Crippen LogP contribution is 2.33. The maximum Gasteiger partial charge on any atom is 0.311 e. The molecule has 0 spiro atoms. The number of aromatic nitrogens is 2. The van der Waals surface area contributed by atoms with Crippen LogP contribution >= 0.6 is 0 Å². The van der Waals surface area contributed by atoms with E-state index in [1.165, 1.54) is 5.56 Å². The number of likely N-dealkylation sites (tertiary alicyclic amines) is 1. The summed E-state index contributed by atoms with van der Waals surface area (Å²) in [4.78, 5) is 25.9. The van der Waals surface area contributed by atoms with Crippen molar-refractivity contribution in [2.24, 2.45) is 5.41 Å². The van der Waals surface area contributed by atoms with Gasteiger partial charge in [-0.15, -0.1) is 0 Å². The van der Waals surface area contributed by atoms with Gasteiger partial charge in [0.1, 0.15) is 6.54 Å². The molecule has 1 aromatic rings. The second-order valence-electron chi connectivity index (χ2n) is 6.52. The number of amides is 1. The highest BCUT2D eigenvalue weighted by atomic mass is 16.4. The lowest BCUT2D eigenvalue weighted by Gasteiger charge is -2.39. The minimum atomic E-state index is -0.795. The van der Waals surface area contributed by atoms with Gasteiger partial charge >= 0.3 is 5.97 Å². The van der Waals surface area contributed by atoms with Gasteiger partial charge in [0.05, 0.1) is 11.1 Å². The third-order valence-corrected chi connectivity index (χ3v) is 5.23. The molecule has 0 radical (unpaired) electrons. The van der Waals surface area contributed by atoms with Crippen LogP contribution in [0.3, 0.4) is 0 Å². The second kappa shape index (κ2) is 6.72. The smallest absolute Gasteiger partial charge is 0.311 e. The Balaban J connectivity index is 2.13. The molecular weight excluding hydrogens is 294 g/mol. The predicted molar refractivity (Wildman–Crippen MR) is 87.3 cm³/mol. The van der Waals surface area contributed by atoms with Gasteiger partial charge in [0.15, 0.2) is 0 Å². The molecule has 1 aliphatic heterocycles. The van der Waals surface area contributed by atoms with E-state index >= 15 is 0 Å². The van der Waals surface area contributed by atoms with Crippen LogP contribution in [0.5, 0.6) is 0 Å². The maximum atomic E-state index is 12.6. The summed E-state index contributed by atoms with van der Waals surface area (Å²) in [6, 6.07) is 0. The van der Waals surface area contributed by atoms with Gasteiger partial charge in [0, 0.05) is 18.8 Å². The summed E-state index contributed by atoms with van der Waals surface area (Å²) < 4.78 is 1.75. The Morgan fingerprint density at radius 3 is 2.52 bits per heavy atom. The number of carbonyl (C=O) groups excluding carboxylic acids is 1. The normalized spacial score (nSPS) is 21.5. The fourth-order valence-electron chi connectivity index (χ4n) is 3.59. The van der Waals surface area contributed by atoms with Crippen molar-refractivity contribution in [2.75, 3.05) is 13.1 Å². The van der Waals surface area contributed by atoms with E-state index < -0.39 is 11.4 Å². The van der Waals surface area contributed by atoms with E-state index in [0.717, 1.165) is 24.2 Å². The van der Waals surface area contributed by atoms with E-state index in [2.05, 4.69) is 12.0 Å². The molecule has 6 heteroatoms. The van der Waals surface area contributed by atoms with E-state index in [1.54, 1.807) is 9.58 Å². The van der Waals surface area contributed by atoms with Crippen molar-refractivity contribution in [3.05, 3.63) is 17.0 Å². The Bertz CT molecular complexity index is 608. The van der Waals surface area contributed by atoms with Gasteiger partial charge in [-0.2, -0.15) is 5.10 Å². The van der Waals surface area contributed by atoms with Gasteiger partial charge in [-0.25, -0.2) is 0 Å². The molecule has 0 saturated carbocycles. The van der Waals surface area contributed by atoms with Crippen molar-refractivity contribution in [1.82, 2.24) is 14.7 Å². The average molecular weight is 321 g/mol. The quantitative estimate of drug-likeness (QED) is 0.902. The Kier molecular flexibility index (Phi) is 5.12. The third kappa shape index (κ3) is 3.26. The zero-order valence-electron chi connectivity index (χ0n) is 14.6. The summed E-state index contributed by atoms with van der Waals surface area (Å²) in [5.74, 6) is -0.839. The fourth-order valence-corrected chi connectivity index (χ4v) is 3.59. The van der Waals surface area contributed by atoms with E-state index in [0.29, 0.717) is 25.9 Å². The topological polar surface area (TPSA) is 75.4 Å². The molecule has 6 nitrogen and oxygen atoms in total. The van der Waals surface area contributed by atoms with Gasteiger partial charge < -0.3 is 10.0 Å². The van der Waals surface area contributed by atoms with Gasteiger partial charge in [-0.1, -0.05) is 13.8 Å². The van der Waals surface area contributed by atoms with Crippen LogP contribution in [0.4, 0.5) is 0 Å². The molecular formula is C17H27N3O3. The number of piperidine rings is 1. The summed E-state index contributed by atoms with van der Waals surface area (Å²) >= 11 is 0. The molecule has 2 heterocycles. The lowest BCUT2D eigenvalue weighted by Crippen LogP contribution is -2.50. The van der Waals surface area contributed by atoms with Crippen molar-refractivity contribution in [3.8, 4) is 0 Å². The molecule has 0 bridgehead atoms. The van der Waals surface area contributed by atoms with Crippen LogP contribution in [-0.4, -0.2) is 44.8 Å². The number of aliphatic carboxylic acids is 1. The SMILES string of the molecule is CCc1c(C)nn(CC(=O)N2CCC[C@](CC)(C(=O)O)C2)c1C. The molecule has 0 unspecified atom stereocenters. The first kappa shape index (κ1) is 17.5. The molecule has 0 aromatic carbocycles. The first-order valence-corrected chi connectivity index (χ1v) is 8.38. The Morgan fingerprint density at radius 1 is 1.30 bits per heavy atom. The first-order chi connectivity index (χ1) is 10.8. The van der Waals surface area contributed by atoms with Crippen molar-refractivity contribution in [1.29, 1.82) is 0 Å². The van der Waals surface area contributed by atoms with Crippen LogP contribution in [0.15, 0.2) is 0 Å². The summed E-state index contributed by atoms with van der Waals surface area (Å²) in [5.41, 5.74) is 2.38. The molecule has 128 valence electrons. The number of carboxylic acids is 1. The third-order valence-electron chi connectivity index (χ3n) is 5.23. The second-order valence-corrected chi connectivity index (χ2v) is 6.52. The van der Waals surface area contributed by atoms with E-state index in [9.17, 15) is 14.7 Å². The summed E-state index contributed by atoms with van der Waals surface area (Å²) in [7, 11) is 0. The number of hydrogen-bond acceptors (Lipinski definition) is 3. The molecule has 1 atom stereocenters. The molecule has 1 aromatic heterocycles. The molecule has 1 saturated heterocycles. The molecule has 1 amide bonds. The Morgan fingerprint density at radius 2 is 2.00 bits per heavy atom. The number of rotatable bonds is 5. The lowest BCUT2D eigenvalue weighted by atomic mass is 9.77. The molecule has 23 heavy (non-hydrogen) atoms. The average Bonchev–Trinajstić information content (AvgIpc) is 2.80. The van der Waals surface area contributed by atoms with Crippen LogP contribution in [0.25, 0.3) is 0 Å². The van der Waals surface area contributed by atoms with Crippen LogP contribution in [0.2, 0.25) is 0 Å². The predicted octanol–water partition coefficient (Wildman–Crippen LogP) is 2.17. The molecule has 1 aliphatic rings. The minimum absolute atomic E-state index is 0.0444. The van der Waals surface area contributed by atoms with Crippen molar-refractivity contribution < 1.29 is 14.7 Å². The Labute approximate surface area is 137 Å². The minimum Gasteiger partial charge on any atom is -0.481 e. The van der Waals surface area contributed by atoms with Crippen LogP contribution in [0, 0.1) is 19.3 Å². The number of hydrogen-bond donors (Lipinski definition) is 1. The molecule has 1 fully saturated rings. The number of nitrogens with zero attached hydrogens (tertiary/aromatic N) is 3. The van der Waals surface area contributed by atoms with Gasteiger partial charge in [0.2, 0.25) is 5.91 Å². The summed E-state index contributed by atoms with van der Waals surface area (Å²) in [5, 5.41) is 14.0. The van der Waals surface area contributed by atoms with Crippen LogP contribution < -0.4 is 0 Å². The van der Waals surface area contributed by atoms with Crippen molar-refractivity contribution in [2.45, 2.75) is 59.9 Å². The largest absolute Gasteiger partial charge is 0.481 e. The fraction of sp³-hybridized carbons (Fsp3) is 0.706. The zero-order chi connectivity index (χ0) is 17.2. The zero-order valence-corrected chi connectivity index (χ0v) is 14.6. The Hall–Kier alpha value is -1.85. The van der Waals surface area contributed by atoms with Crippen molar-refractivity contribution >= 4 is 11.9 Å². The van der Waals surface area contributed by atoms with E-state index in [1.807, 2.05) is 20.8 Å². The van der Waals surface area contributed by atoms with Gasteiger partial charge in [0.25, 0.3) is 0 Å². The standard InChI is InChI=1S/C17H27N3O3/c1-5-14-12(3)18-20(13(14)4)10-15(21)19-9-7-8-17(6-2,11-19)16(22)23/h5-11H2,1-4H3,(H,22,23)/t17-/m0/s1. The van der Waals surface area contributed by atoms with Crippen molar-refractivity contribution in [3.63, 3.8) is 0 Å². The molecule has 2 rings (SSSR count). The summed E-state index contributed by atoms with van der Waals surface area (Å²) in [6.07, 6.45) is 2.82. The monoisotopic (exact) mass is 321 g/mol.